The molecule has 0 fully saturated rings. The summed E-state index contributed by atoms with van der Waals surface area (Å²) in [5.41, 5.74) is 4.44. The first-order valence-electron chi connectivity index (χ1n) is 11.8. The maximum absolute atomic E-state index is 14.0. The summed E-state index contributed by atoms with van der Waals surface area (Å²) in [5, 5.41) is 2.71. The van der Waals surface area contributed by atoms with Gasteiger partial charge in [-0.1, -0.05) is 79.5 Å². The molecule has 0 saturated carbocycles. The highest BCUT2D eigenvalue weighted by molar-refractivity contribution is 7.98. The second kappa shape index (κ2) is 9.59. The number of nitrogens with zero attached hydrogens (tertiary/aromatic N) is 2. The Morgan fingerprint density at radius 1 is 1.14 bits per heavy atom. The average Bonchev–Trinajstić information content (AvgIpc) is 3.17. The van der Waals surface area contributed by atoms with Crippen LogP contribution in [0, 0.1) is 18.3 Å². The molecule has 0 amide bonds. The molecule has 0 bridgehead atoms. The van der Waals surface area contributed by atoms with Gasteiger partial charge in [0, 0.05) is 20.7 Å². The van der Waals surface area contributed by atoms with E-state index < -0.39 is 0 Å². The van der Waals surface area contributed by atoms with Crippen molar-refractivity contribution in [3.05, 3.63) is 84.4 Å². The molecule has 2 aromatic carbocycles. The SMILES string of the molecule is Cc1ccc(-n2c(SCc3ccc(Cl)cc3Cl)nc3sc4c(c3c2=O)CCC(C(C)(C)C)C4)cc1. The molecular weight excluding hydrogens is 515 g/mol. The minimum Gasteiger partial charge on any atom is -0.268 e. The third-order valence-electron chi connectivity index (χ3n) is 6.94. The minimum absolute atomic E-state index is 0.0234. The lowest BCUT2D eigenvalue weighted by Gasteiger charge is -2.33. The number of thioether (sulfide) groups is 1. The molecule has 0 spiro atoms. The fourth-order valence-electron chi connectivity index (χ4n) is 4.74. The second-order valence-electron chi connectivity index (χ2n) is 10.4. The van der Waals surface area contributed by atoms with E-state index in [0.717, 1.165) is 46.3 Å². The number of thiophene rings is 1. The highest BCUT2D eigenvalue weighted by Gasteiger charge is 2.32. The van der Waals surface area contributed by atoms with Crippen molar-refractivity contribution in [1.82, 2.24) is 9.55 Å². The van der Waals surface area contributed by atoms with Crippen molar-refractivity contribution in [3.63, 3.8) is 0 Å². The van der Waals surface area contributed by atoms with E-state index in [4.69, 9.17) is 28.2 Å². The van der Waals surface area contributed by atoms with Gasteiger partial charge in [0.2, 0.25) is 0 Å². The Bertz CT molecular complexity index is 1470. The topological polar surface area (TPSA) is 34.9 Å². The largest absolute Gasteiger partial charge is 0.268 e. The molecule has 182 valence electrons. The Kier molecular flexibility index (Phi) is 6.82. The van der Waals surface area contributed by atoms with Gasteiger partial charge in [0.1, 0.15) is 4.83 Å². The van der Waals surface area contributed by atoms with Crippen LogP contribution in [0.15, 0.2) is 52.4 Å². The lowest BCUT2D eigenvalue weighted by molar-refractivity contribution is 0.218. The van der Waals surface area contributed by atoms with E-state index in [1.807, 2.05) is 43.3 Å². The van der Waals surface area contributed by atoms with Gasteiger partial charge in [-0.2, -0.15) is 0 Å². The van der Waals surface area contributed by atoms with Crippen LogP contribution in [0.2, 0.25) is 10.0 Å². The summed E-state index contributed by atoms with van der Waals surface area (Å²) >= 11 is 15.7. The number of halogens is 2. The maximum Gasteiger partial charge on any atom is 0.267 e. The Balaban J connectivity index is 1.63. The zero-order valence-electron chi connectivity index (χ0n) is 20.3. The highest BCUT2D eigenvalue weighted by atomic mass is 35.5. The summed E-state index contributed by atoms with van der Waals surface area (Å²) < 4.78 is 1.78. The molecule has 5 rings (SSSR count). The van der Waals surface area contributed by atoms with Crippen LogP contribution >= 0.6 is 46.3 Å². The second-order valence-corrected chi connectivity index (χ2v) is 13.3. The molecule has 1 unspecified atom stereocenters. The normalized spacial score (nSPS) is 16.0. The molecule has 4 aromatic rings. The predicted octanol–water partition coefficient (Wildman–Crippen LogP) is 8.51. The molecule has 0 saturated heterocycles. The van der Waals surface area contributed by atoms with E-state index in [-0.39, 0.29) is 11.0 Å². The fraction of sp³-hybridized carbons (Fsp3) is 0.357. The zero-order valence-corrected chi connectivity index (χ0v) is 23.5. The van der Waals surface area contributed by atoms with Crippen molar-refractivity contribution in [2.45, 2.75) is 57.9 Å². The third-order valence-corrected chi connectivity index (χ3v) is 9.66. The summed E-state index contributed by atoms with van der Waals surface area (Å²) in [6, 6.07) is 13.6. The number of hydrogen-bond acceptors (Lipinski definition) is 4. The highest BCUT2D eigenvalue weighted by Crippen LogP contribution is 2.42. The standard InChI is InChI=1S/C28H28Cl2N2OS2/c1-16-5-10-20(11-6-16)32-26(33)24-21-12-8-18(28(2,3)4)13-23(21)35-25(24)31-27(32)34-15-17-7-9-19(29)14-22(17)30/h5-7,9-11,14,18H,8,12-13,15H2,1-4H3. The van der Waals surface area contributed by atoms with E-state index in [9.17, 15) is 4.79 Å². The molecule has 0 aliphatic heterocycles. The van der Waals surface area contributed by atoms with Gasteiger partial charge in [-0.25, -0.2) is 4.98 Å². The summed E-state index contributed by atoms with van der Waals surface area (Å²) in [6.45, 7) is 8.99. The number of benzene rings is 2. The van der Waals surface area contributed by atoms with E-state index >= 15 is 0 Å². The summed E-state index contributed by atoms with van der Waals surface area (Å²) in [5.74, 6) is 1.21. The molecule has 35 heavy (non-hydrogen) atoms. The Labute approximate surface area is 224 Å². The van der Waals surface area contributed by atoms with Gasteiger partial charge in [-0.3, -0.25) is 9.36 Å². The molecule has 2 heterocycles. The number of aryl methyl sites for hydroxylation is 2. The predicted molar refractivity (Wildman–Crippen MR) is 151 cm³/mol. The van der Waals surface area contributed by atoms with Gasteiger partial charge in [-0.05, 0) is 72.9 Å². The Morgan fingerprint density at radius 2 is 1.89 bits per heavy atom. The lowest BCUT2D eigenvalue weighted by atomic mass is 9.72. The van der Waals surface area contributed by atoms with Crippen molar-refractivity contribution >= 4 is 56.5 Å². The maximum atomic E-state index is 14.0. The van der Waals surface area contributed by atoms with Crippen LogP contribution in [0.3, 0.4) is 0 Å². The molecular formula is C28H28Cl2N2OS2. The van der Waals surface area contributed by atoms with Crippen molar-refractivity contribution in [2.75, 3.05) is 0 Å². The molecule has 1 aliphatic carbocycles. The van der Waals surface area contributed by atoms with Gasteiger partial charge in [0.15, 0.2) is 5.16 Å². The summed E-state index contributed by atoms with van der Waals surface area (Å²) in [6.07, 6.45) is 3.07. The smallest absolute Gasteiger partial charge is 0.267 e. The van der Waals surface area contributed by atoms with Gasteiger partial charge in [-0.15, -0.1) is 11.3 Å². The van der Waals surface area contributed by atoms with E-state index in [1.54, 1.807) is 22.0 Å². The van der Waals surface area contributed by atoms with E-state index in [1.165, 1.54) is 22.2 Å². The van der Waals surface area contributed by atoms with Crippen LogP contribution < -0.4 is 5.56 Å². The molecule has 1 aliphatic rings. The van der Waals surface area contributed by atoms with Crippen LogP contribution in [0.5, 0.6) is 0 Å². The molecule has 0 radical (unpaired) electrons. The van der Waals surface area contributed by atoms with Crippen LogP contribution in [0.1, 0.15) is 48.8 Å². The number of hydrogen-bond donors (Lipinski definition) is 0. The van der Waals surface area contributed by atoms with Crippen molar-refractivity contribution in [1.29, 1.82) is 0 Å². The number of fused-ring (bicyclic) bond motifs is 3. The average molecular weight is 544 g/mol. The minimum atomic E-state index is 0.0234. The third kappa shape index (κ3) is 4.93. The first kappa shape index (κ1) is 24.9. The summed E-state index contributed by atoms with van der Waals surface area (Å²) in [4.78, 5) is 21.3. The number of aromatic nitrogens is 2. The van der Waals surface area contributed by atoms with Crippen LogP contribution in [0.4, 0.5) is 0 Å². The van der Waals surface area contributed by atoms with E-state index in [0.29, 0.717) is 26.9 Å². The van der Waals surface area contributed by atoms with Gasteiger partial charge < -0.3 is 0 Å². The molecule has 0 N–H and O–H groups in total. The monoisotopic (exact) mass is 542 g/mol. The van der Waals surface area contributed by atoms with Gasteiger partial charge >= 0.3 is 0 Å². The quantitative estimate of drug-likeness (QED) is 0.191. The summed E-state index contributed by atoms with van der Waals surface area (Å²) in [7, 11) is 0. The molecule has 2 aromatic heterocycles. The first-order valence-corrected chi connectivity index (χ1v) is 14.4. The fourth-order valence-corrected chi connectivity index (χ4v) is 7.66. The number of rotatable bonds is 4. The van der Waals surface area contributed by atoms with Crippen molar-refractivity contribution < 1.29 is 0 Å². The molecule has 3 nitrogen and oxygen atoms in total. The van der Waals surface area contributed by atoms with Crippen molar-refractivity contribution in [2.24, 2.45) is 11.3 Å². The lowest BCUT2D eigenvalue weighted by Crippen LogP contribution is -2.27. The Morgan fingerprint density at radius 3 is 2.57 bits per heavy atom. The van der Waals surface area contributed by atoms with Gasteiger partial charge in [0.25, 0.3) is 5.56 Å². The van der Waals surface area contributed by atoms with Crippen molar-refractivity contribution in [3.8, 4) is 5.69 Å². The van der Waals surface area contributed by atoms with Crippen LogP contribution in [-0.2, 0) is 18.6 Å². The van der Waals surface area contributed by atoms with Crippen LogP contribution in [-0.4, -0.2) is 9.55 Å². The van der Waals surface area contributed by atoms with E-state index in [2.05, 4.69) is 20.8 Å². The first-order chi connectivity index (χ1) is 16.6. The van der Waals surface area contributed by atoms with Crippen LogP contribution in [0.25, 0.3) is 15.9 Å². The molecule has 1 atom stereocenters. The van der Waals surface area contributed by atoms with Gasteiger partial charge in [0.05, 0.1) is 11.1 Å². The molecule has 7 heteroatoms. The zero-order chi connectivity index (χ0) is 24.9. The Hall–Kier alpha value is -1.79.